The molecule has 1 fully saturated rings. The Bertz CT molecular complexity index is 724. The lowest BCUT2D eigenvalue weighted by Gasteiger charge is -2.26. The maximum atomic E-state index is 12.3. The lowest BCUT2D eigenvalue weighted by Crippen LogP contribution is -2.36. The average Bonchev–Trinajstić information content (AvgIpc) is 3.32. The van der Waals surface area contributed by atoms with E-state index in [1.807, 2.05) is 24.0 Å². The molecule has 0 saturated heterocycles. The van der Waals surface area contributed by atoms with E-state index in [0.29, 0.717) is 5.69 Å². The summed E-state index contributed by atoms with van der Waals surface area (Å²) in [5, 5.41) is 5.35. The van der Waals surface area contributed by atoms with Crippen LogP contribution in [-0.4, -0.2) is 30.3 Å². The highest BCUT2D eigenvalue weighted by Crippen LogP contribution is 2.44. The van der Waals surface area contributed by atoms with Gasteiger partial charge in [0.1, 0.15) is 0 Å². The second-order valence-electron chi connectivity index (χ2n) is 6.59. The first-order valence-corrected chi connectivity index (χ1v) is 8.14. The molecule has 23 heavy (non-hydrogen) atoms. The number of benzene rings is 1. The van der Waals surface area contributed by atoms with Crippen LogP contribution in [0.4, 0.5) is 11.4 Å². The number of nitrogens with one attached hydrogen (secondary N) is 2. The van der Waals surface area contributed by atoms with Crippen LogP contribution in [0.5, 0.6) is 0 Å². The molecule has 3 amide bonds. The minimum absolute atomic E-state index is 0.121. The molecule has 1 saturated carbocycles. The van der Waals surface area contributed by atoms with Gasteiger partial charge in [0.2, 0.25) is 5.91 Å². The molecule has 3 aliphatic rings. The van der Waals surface area contributed by atoms with Crippen LogP contribution >= 0.6 is 0 Å². The topological polar surface area (TPSA) is 78.5 Å². The Labute approximate surface area is 134 Å². The van der Waals surface area contributed by atoms with Gasteiger partial charge in [0.25, 0.3) is 0 Å². The van der Waals surface area contributed by atoms with Crippen molar-refractivity contribution in [3.63, 3.8) is 0 Å². The number of nitrogens with zero attached hydrogens (tertiary/aromatic N) is 1. The maximum Gasteiger partial charge on any atom is 0.313 e. The molecule has 1 aliphatic carbocycles. The van der Waals surface area contributed by atoms with Gasteiger partial charge < -0.3 is 15.5 Å². The molecule has 0 unspecified atom stereocenters. The smallest absolute Gasteiger partial charge is 0.313 e. The molecule has 2 N–H and O–H groups in total. The van der Waals surface area contributed by atoms with Gasteiger partial charge in [-0.1, -0.05) is 0 Å². The molecule has 120 valence electrons. The standard InChI is InChI=1S/C17H19N3O3/c1-9-13-8-12(19-16(22)15(21)18-11-4-5-11)7-10-3-2-6-20(14(10)13)17(9)23/h7-9,11H,2-6H2,1H3,(H,18,21)(H,19,22)/t9-/m0/s1. The van der Waals surface area contributed by atoms with Crippen LogP contribution in [0, 0.1) is 0 Å². The van der Waals surface area contributed by atoms with Crippen LogP contribution in [0.2, 0.25) is 0 Å². The second kappa shape index (κ2) is 5.08. The molecule has 0 aromatic heterocycles. The zero-order valence-corrected chi connectivity index (χ0v) is 13.0. The third kappa shape index (κ3) is 2.38. The van der Waals surface area contributed by atoms with E-state index in [0.717, 1.165) is 49.0 Å². The van der Waals surface area contributed by atoms with E-state index in [9.17, 15) is 14.4 Å². The highest BCUT2D eigenvalue weighted by atomic mass is 16.2. The molecular formula is C17H19N3O3. The lowest BCUT2D eigenvalue weighted by atomic mass is 9.96. The van der Waals surface area contributed by atoms with E-state index >= 15 is 0 Å². The Morgan fingerprint density at radius 1 is 1.22 bits per heavy atom. The van der Waals surface area contributed by atoms with Crippen molar-refractivity contribution in [2.45, 2.75) is 44.6 Å². The fourth-order valence-corrected chi connectivity index (χ4v) is 3.43. The summed E-state index contributed by atoms with van der Waals surface area (Å²) in [7, 11) is 0. The molecule has 4 rings (SSSR count). The monoisotopic (exact) mass is 313 g/mol. The fourth-order valence-electron chi connectivity index (χ4n) is 3.43. The van der Waals surface area contributed by atoms with Gasteiger partial charge in [-0.15, -0.1) is 0 Å². The summed E-state index contributed by atoms with van der Waals surface area (Å²) in [6, 6.07) is 3.87. The van der Waals surface area contributed by atoms with Crippen molar-refractivity contribution in [3.05, 3.63) is 23.3 Å². The highest BCUT2D eigenvalue weighted by Gasteiger charge is 2.38. The number of carbonyl (C=O) groups is 3. The van der Waals surface area contributed by atoms with Crippen molar-refractivity contribution in [1.29, 1.82) is 0 Å². The Kier molecular flexibility index (Phi) is 3.14. The Morgan fingerprint density at radius 2 is 2.00 bits per heavy atom. The summed E-state index contributed by atoms with van der Waals surface area (Å²) in [6.07, 6.45) is 3.69. The summed E-state index contributed by atoms with van der Waals surface area (Å²) in [5.41, 5.74) is 3.63. The molecule has 1 atom stereocenters. The third-order valence-corrected chi connectivity index (χ3v) is 4.80. The van der Waals surface area contributed by atoms with E-state index in [-0.39, 0.29) is 17.9 Å². The normalized spacial score (nSPS) is 21.9. The highest BCUT2D eigenvalue weighted by molar-refractivity contribution is 6.39. The minimum Gasteiger partial charge on any atom is -0.345 e. The predicted molar refractivity (Wildman–Crippen MR) is 85.3 cm³/mol. The van der Waals surface area contributed by atoms with Gasteiger partial charge in [-0.05, 0) is 55.9 Å². The number of hydrogen-bond donors (Lipinski definition) is 2. The van der Waals surface area contributed by atoms with E-state index < -0.39 is 11.8 Å². The van der Waals surface area contributed by atoms with E-state index in [2.05, 4.69) is 10.6 Å². The number of carbonyl (C=O) groups excluding carboxylic acids is 3. The van der Waals surface area contributed by atoms with Crippen LogP contribution in [0.15, 0.2) is 12.1 Å². The number of anilines is 2. The van der Waals surface area contributed by atoms with Crippen LogP contribution in [0.1, 0.15) is 43.2 Å². The number of hydrogen-bond acceptors (Lipinski definition) is 3. The van der Waals surface area contributed by atoms with Crippen molar-refractivity contribution in [3.8, 4) is 0 Å². The van der Waals surface area contributed by atoms with Crippen LogP contribution in [0.3, 0.4) is 0 Å². The Balaban J connectivity index is 1.60. The number of aryl methyl sites for hydroxylation is 1. The second-order valence-corrected chi connectivity index (χ2v) is 6.59. The summed E-state index contributed by atoms with van der Waals surface area (Å²) >= 11 is 0. The largest absolute Gasteiger partial charge is 0.345 e. The molecular weight excluding hydrogens is 294 g/mol. The molecule has 0 bridgehead atoms. The van der Waals surface area contributed by atoms with Crippen molar-refractivity contribution < 1.29 is 14.4 Å². The summed E-state index contributed by atoms with van der Waals surface area (Å²) in [6.45, 7) is 2.65. The van der Waals surface area contributed by atoms with Gasteiger partial charge in [0.05, 0.1) is 11.6 Å². The first kappa shape index (κ1) is 14.2. The molecule has 1 aromatic rings. The summed E-state index contributed by atoms with van der Waals surface area (Å²) in [5.74, 6) is -1.31. The molecule has 2 heterocycles. The van der Waals surface area contributed by atoms with Crippen molar-refractivity contribution in [2.24, 2.45) is 0 Å². The van der Waals surface area contributed by atoms with E-state index in [1.165, 1.54) is 0 Å². The average molecular weight is 313 g/mol. The predicted octanol–water partition coefficient (Wildman–Crippen LogP) is 1.30. The van der Waals surface area contributed by atoms with Gasteiger partial charge in [0.15, 0.2) is 0 Å². The van der Waals surface area contributed by atoms with Gasteiger partial charge in [0, 0.05) is 18.3 Å². The van der Waals surface area contributed by atoms with Crippen molar-refractivity contribution in [2.75, 3.05) is 16.8 Å². The van der Waals surface area contributed by atoms with Crippen molar-refractivity contribution in [1.82, 2.24) is 5.32 Å². The third-order valence-electron chi connectivity index (χ3n) is 4.80. The fraction of sp³-hybridized carbons (Fsp3) is 0.471. The van der Waals surface area contributed by atoms with Gasteiger partial charge >= 0.3 is 11.8 Å². The molecule has 6 heteroatoms. The summed E-state index contributed by atoms with van der Waals surface area (Å²) in [4.78, 5) is 38.0. The summed E-state index contributed by atoms with van der Waals surface area (Å²) < 4.78 is 0. The minimum atomic E-state index is -0.645. The molecule has 0 spiro atoms. The molecule has 6 nitrogen and oxygen atoms in total. The first-order valence-electron chi connectivity index (χ1n) is 8.14. The zero-order valence-electron chi connectivity index (χ0n) is 13.0. The lowest BCUT2D eigenvalue weighted by molar-refractivity contribution is -0.136. The Hall–Kier alpha value is -2.37. The SMILES string of the molecule is C[C@@H]1C(=O)N2CCCc3cc(NC(=O)C(=O)NC4CC4)cc1c32. The van der Waals surface area contributed by atoms with Gasteiger partial charge in [-0.3, -0.25) is 14.4 Å². The zero-order chi connectivity index (χ0) is 16.1. The van der Waals surface area contributed by atoms with Gasteiger partial charge in [-0.25, -0.2) is 0 Å². The van der Waals surface area contributed by atoms with Crippen LogP contribution in [0.25, 0.3) is 0 Å². The van der Waals surface area contributed by atoms with E-state index in [1.54, 1.807) is 0 Å². The molecule has 2 aliphatic heterocycles. The quantitative estimate of drug-likeness (QED) is 0.808. The Morgan fingerprint density at radius 3 is 2.74 bits per heavy atom. The number of rotatable bonds is 2. The first-order chi connectivity index (χ1) is 11.0. The van der Waals surface area contributed by atoms with Crippen LogP contribution in [-0.2, 0) is 20.8 Å². The number of amides is 3. The maximum absolute atomic E-state index is 12.3. The van der Waals surface area contributed by atoms with Crippen molar-refractivity contribution >= 4 is 29.1 Å². The van der Waals surface area contributed by atoms with Crippen LogP contribution < -0.4 is 15.5 Å². The molecule has 0 radical (unpaired) electrons. The van der Waals surface area contributed by atoms with E-state index in [4.69, 9.17) is 0 Å². The van der Waals surface area contributed by atoms with Gasteiger partial charge in [-0.2, -0.15) is 0 Å². The molecule has 1 aromatic carbocycles.